The number of rotatable bonds is 8. The van der Waals surface area contributed by atoms with Crippen LogP contribution in [0.2, 0.25) is 0 Å². The van der Waals surface area contributed by atoms with Crippen LogP contribution in [0.4, 0.5) is 11.4 Å². The van der Waals surface area contributed by atoms with Gasteiger partial charge in [0.1, 0.15) is 5.69 Å². The highest BCUT2D eigenvalue weighted by atomic mass is 32.1. The van der Waals surface area contributed by atoms with Crippen molar-refractivity contribution in [3.05, 3.63) is 105 Å². The predicted octanol–water partition coefficient (Wildman–Crippen LogP) is 5.57. The SMILES string of the molecule is CCN(CC)c1ccc(C=Nn2c(-c3ccco3)csc2=Nc2c(C)n(C)n(-c3ccccc3)c2=O)cc1. The van der Waals surface area contributed by atoms with Gasteiger partial charge in [0.25, 0.3) is 5.56 Å². The fourth-order valence-electron chi connectivity index (χ4n) is 4.35. The molecular weight excluding hydrogens is 496 g/mol. The molecule has 0 aliphatic heterocycles. The summed E-state index contributed by atoms with van der Waals surface area (Å²) in [4.78, 5) is 21.1. The van der Waals surface area contributed by atoms with Crippen LogP contribution in [-0.2, 0) is 7.05 Å². The number of thiazole rings is 1. The van der Waals surface area contributed by atoms with E-state index in [1.54, 1.807) is 21.8 Å². The standard InChI is InChI=1S/C29H30N6O2S/c1-5-33(6-2)23-16-14-22(15-17-23)19-30-34-25(26-13-10-18-37-26)20-38-29(34)31-27-21(3)32(4)35(28(27)36)24-11-8-7-9-12-24/h7-20H,5-6H2,1-4H3. The van der Waals surface area contributed by atoms with Crippen molar-refractivity contribution in [1.82, 2.24) is 14.0 Å². The normalized spacial score (nSPS) is 12.1. The summed E-state index contributed by atoms with van der Waals surface area (Å²) in [5, 5.41) is 6.71. The summed E-state index contributed by atoms with van der Waals surface area (Å²) >= 11 is 1.40. The second kappa shape index (κ2) is 10.9. The van der Waals surface area contributed by atoms with Gasteiger partial charge in [-0.2, -0.15) is 5.10 Å². The molecule has 5 aromatic rings. The lowest BCUT2D eigenvalue weighted by atomic mass is 10.2. The Hall–Kier alpha value is -4.37. The zero-order chi connectivity index (χ0) is 26.6. The fraction of sp³-hybridized carbons (Fsp3) is 0.207. The minimum Gasteiger partial charge on any atom is -0.463 e. The Labute approximate surface area is 225 Å². The molecule has 3 heterocycles. The largest absolute Gasteiger partial charge is 0.463 e. The average molecular weight is 527 g/mol. The summed E-state index contributed by atoms with van der Waals surface area (Å²) in [5.41, 5.74) is 4.62. The van der Waals surface area contributed by atoms with Crippen molar-refractivity contribution in [3.8, 4) is 17.1 Å². The van der Waals surface area contributed by atoms with Crippen molar-refractivity contribution in [2.75, 3.05) is 18.0 Å². The molecule has 0 fully saturated rings. The second-order valence-corrected chi connectivity index (χ2v) is 9.56. The van der Waals surface area contributed by atoms with Gasteiger partial charge in [-0.05, 0) is 62.7 Å². The molecule has 0 amide bonds. The minimum atomic E-state index is -0.188. The molecule has 2 aromatic carbocycles. The highest BCUT2D eigenvalue weighted by molar-refractivity contribution is 7.07. The van der Waals surface area contributed by atoms with Gasteiger partial charge in [0.05, 0.1) is 23.9 Å². The van der Waals surface area contributed by atoms with Crippen molar-refractivity contribution >= 4 is 28.9 Å². The van der Waals surface area contributed by atoms with Crippen molar-refractivity contribution in [2.45, 2.75) is 20.8 Å². The maximum absolute atomic E-state index is 13.5. The van der Waals surface area contributed by atoms with Gasteiger partial charge in [0, 0.05) is 31.2 Å². The lowest BCUT2D eigenvalue weighted by molar-refractivity contribution is 0.575. The molecule has 0 bridgehead atoms. The van der Waals surface area contributed by atoms with E-state index in [0.717, 1.165) is 35.7 Å². The van der Waals surface area contributed by atoms with Gasteiger partial charge in [-0.3, -0.25) is 9.48 Å². The zero-order valence-corrected chi connectivity index (χ0v) is 22.7. The molecule has 0 aliphatic carbocycles. The molecule has 0 atom stereocenters. The van der Waals surface area contributed by atoms with Gasteiger partial charge in [0.15, 0.2) is 11.4 Å². The first-order valence-corrected chi connectivity index (χ1v) is 13.4. The van der Waals surface area contributed by atoms with Gasteiger partial charge in [-0.15, -0.1) is 11.3 Å². The van der Waals surface area contributed by atoms with Crippen molar-refractivity contribution < 1.29 is 4.42 Å². The Morgan fingerprint density at radius 3 is 2.39 bits per heavy atom. The van der Waals surface area contributed by atoms with E-state index in [4.69, 9.17) is 14.5 Å². The quantitative estimate of drug-likeness (QED) is 0.248. The molecule has 0 saturated carbocycles. The smallest absolute Gasteiger partial charge is 0.297 e. The molecule has 0 unspecified atom stereocenters. The predicted molar refractivity (Wildman–Crippen MR) is 154 cm³/mol. The van der Waals surface area contributed by atoms with E-state index in [1.807, 2.05) is 78.6 Å². The van der Waals surface area contributed by atoms with Crippen LogP contribution in [0.15, 0.2) is 97.7 Å². The van der Waals surface area contributed by atoms with E-state index < -0.39 is 0 Å². The molecule has 5 rings (SSSR count). The molecule has 3 aromatic heterocycles. The number of para-hydroxylation sites is 1. The third kappa shape index (κ3) is 4.80. The van der Waals surface area contributed by atoms with E-state index in [-0.39, 0.29) is 5.56 Å². The molecule has 194 valence electrons. The highest BCUT2D eigenvalue weighted by Gasteiger charge is 2.17. The van der Waals surface area contributed by atoms with Gasteiger partial charge in [-0.1, -0.05) is 30.3 Å². The van der Waals surface area contributed by atoms with Crippen LogP contribution in [0.3, 0.4) is 0 Å². The maximum atomic E-state index is 13.5. The van der Waals surface area contributed by atoms with Crippen LogP contribution in [0.1, 0.15) is 25.1 Å². The Balaban J connectivity index is 1.60. The summed E-state index contributed by atoms with van der Waals surface area (Å²) < 4.78 is 10.8. The van der Waals surface area contributed by atoms with Crippen LogP contribution in [-0.4, -0.2) is 33.3 Å². The molecule has 0 saturated heterocycles. The summed E-state index contributed by atoms with van der Waals surface area (Å²) in [6, 6.07) is 21.6. The van der Waals surface area contributed by atoms with E-state index >= 15 is 0 Å². The lowest BCUT2D eigenvalue weighted by Gasteiger charge is -2.20. The Morgan fingerprint density at radius 1 is 1.00 bits per heavy atom. The Bertz CT molecular complexity index is 1670. The monoisotopic (exact) mass is 526 g/mol. The molecule has 0 N–H and O–H groups in total. The first-order chi connectivity index (χ1) is 18.5. The molecule has 0 spiro atoms. The summed E-state index contributed by atoms with van der Waals surface area (Å²) in [5.74, 6) is 0.670. The van der Waals surface area contributed by atoms with E-state index in [0.29, 0.717) is 16.2 Å². The number of aromatic nitrogens is 3. The van der Waals surface area contributed by atoms with Crippen molar-refractivity contribution in [3.63, 3.8) is 0 Å². The first kappa shape index (κ1) is 25.3. The van der Waals surface area contributed by atoms with Crippen LogP contribution < -0.4 is 15.3 Å². The molecule has 8 nitrogen and oxygen atoms in total. The van der Waals surface area contributed by atoms with Gasteiger partial charge < -0.3 is 9.32 Å². The second-order valence-electron chi connectivity index (χ2n) is 8.72. The fourth-order valence-corrected chi connectivity index (χ4v) is 5.17. The number of furan rings is 1. The highest BCUT2D eigenvalue weighted by Crippen LogP contribution is 2.22. The topological polar surface area (TPSA) is 73.0 Å². The number of hydrogen-bond donors (Lipinski definition) is 0. The summed E-state index contributed by atoms with van der Waals surface area (Å²) in [7, 11) is 1.86. The van der Waals surface area contributed by atoms with Crippen LogP contribution in [0.5, 0.6) is 0 Å². The van der Waals surface area contributed by atoms with Crippen LogP contribution in [0, 0.1) is 6.92 Å². The van der Waals surface area contributed by atoms with E-state index in [1.165, 1.54) is 17.0 Å². The molecule has 0 radical (unpaired) electrons. The number of benzene rings is 2. The third-order valence-corrected chi connectivity index (χ3v) is 7.35. The van der Waals surface area contributed by atoms with Gasteiger partial charge in [0.2, 0.25) is 4.80 Å². The first-order valence-electron chi connectivity index (χ1n) is 12.5. The number of hydrogen-bond acceptors (Lipinski definition) is 6. The molecule has 9 heteroatoms. The van der Waals surface area contributed by atoms with Crippen molar-refractivity contribution in [2.24, 2.45) is 17.1 Å². The molecule has 0 aliphatic rings. The Kier molecular flexibility index (Phi) is 7.28. The van der Waals surface area contributed by atoms with Crippen molar-refractivity contribution in [1.29, 1.82) is 0 Å². The summed E-state index contributed by atoms with van der Waals surface area (Å²) in [6.07, 6.45) is 3.42. The van der Waals surface area contributed by atoms with E-state index in [2.05, 4.69) is 30.9 Å². The number of nitrogens with zero attached hydrogens (tertiary/aromatic N) is 6. The average Bonchev–Trinajstić information content (AvgIpc) is 3.66. The molecule has 38 heavy (non-hydrogen) atoms. The maximum Gasteiger partial charge on any atom is 0.297 e. The molecular formula is C29H30N6O2S. The van der Waals surface area contributed by atoms with Crippen LogP contribution in [0.25, 0.3) is 17.1 Å². The zero-order valence-electron chi connectivity index (χ0n) is 21.9. The van der Waals surface area contributed by atoms with Gasteiger partial charge in [-0.25, -0.2) is 14.4 Å². The third-order valence-electron chi connectivity index (χ3n) is 6.53. The number of anilines is 1. The van der Waals surface area contributed by atoms with E-state index in [9.17, 15) is 4.79 Å². The van der Waals surface area contributed by atoms with Crippen LogP contribution >= 0.6 is 11.3 Å². The minimum absolute atomic E-state index is 0.188. The Morgan fingerprint density at radius 2 is 1.74 bits per heavy atom. The lowest BCUT2D eigenvalue weighted by Crippen LogP contribution is -2.21. The summed E-state index contributed by atoms with van der Waals surface area (Å²) in [6.45, 7) is 8.10. The van der Waals surface area contributed by atoms with Gasteiger partial charge >= 0.3 is 0 Å².